The molecule has 0 heterocycles. The summed E-state index contributed by atoms with van der Waals surface area (Å²) in [4.78, 5) is 32.3. The number of allylic oxidation sites excluding steroid dienone is 1. The number of hydrogen-bond acceptors (Lipinski definition) is 4. The van der Waals surface area contributed by atoms with Crippen LogP contribution < -0.4 is 0 Å². The van der Waals surface area contributed by atoms with Crippen LogP contribution in [0.2, 0.25) is 0 Å². The first-order valence-corrected chi connectivity index (χ1v) is 7.71. The van der Waals surface area contributed by atoms with Crippen molar-refractivity contribution in [1.82, 2.24) is 0 Å². The molecule has 126 valence electrons. The molecule has 0 radical (unpaired) electrons. The van der Waals surface area contributed by atoms with E-state index in [-0.39, 0.29) is 18.8 Å². The molecule has 0 aromatic carbocycles. The van der Waals surface area contributed by atoms with Gasteiger partial charge in [-0.15, -0.1) is 0 Å². The zero-order valence-corrected chi connectivity index (χ0v) is 13.2. The van der Waals surface area contributed by atoms with Crippen molar-refractivity contribution in [3.05, 3.63) is 11.6 Å². The standard InChI is InChI=1S/C16H26O6/c1-13(9-5-2-3-6-10-14(17)18)16(21)22-12-8-4-7-11-15(19)20/h9H,2-8,10-12H2,1H3,(H,17,18)(H,19,20). The van der Waals surface area contributed by atoms with Crippen molar-refractivity contribution in [2.24, 2.45) is 0 Å². The van der Waals surface area contributed by atoms with Gasteiger partial charge in [0, 0.05) is 18.4 Å². The second-order valence-corrected chi connectivity index (χ2v) is 5.22. The summed E-state index contributed by atoms with van der Waals surface area (Å²) in [5.41, 5.74) is 0.559. The summed E-state index contributed by atoms with van der Waals surface area (Å²) in [5.74, 6) is -1.93. The second kappa shape index (κ2) is 12.9. The third-order valence-corrected chi connectivity index (χ3v) is 3.14. The molecular weight excluding hydrogens is 288 g/mol. The van der Waals surface area contributed by atoms with Crippen molar-refractivity contribution in [3.8, 4) is 0 Å². The maximum Gasteiger partial charge on any atom is 0.333 e. The highest BCUT2D eigenvalue weighted by atomic mass is 16.5. The van der Waals surface area contributed by atoms with Crippen LogP contribution in [0.3, 0.4) is 0 Å². The molecule has 0 aromatic heterocycles. The molecule has 0 bridgehead atoms. The maximum atomic E-state index is 11.6. The van der Waals surface area contributed by atoms with Crippen LogP contribution in [0.5, 0.6) is 0 Å². The van der Waals surface area contributed by atoms with Crippen LogP contribution in [-0.4, -0.2) is 34.7 Å². The normalized spacial score (nSPS) is 11.2. The summed E-state index contributed by atoms with van der Waals surface area (Å²) < 4.78 is 5.09. The van der Waals surface area contributed by atoms with Gasteiger partial charge < -0.3 is 14.9 Å². The number of unbranched alkanes of at least 4 members (excludes halogenated alkanes) is 5. The van der Waals surface area contributed by atoms with E-state index in [1.165, 1.54) is 0 Å². The Morgan fingerprint density at radius 2 is 1.41 bits per heavy atom. The Bertz CT molecular complexity index is 386. The summed E-state index contributed by atoms with van der Waals surface area (Å²) in [5, 5.41) is 17.0. The maximum absolute atomic E-state index is 11.6. The fourth-order valence-electron chi connectivity index (χ4n) is 1.83. The van der Waals surface area contributed by atoms with E-state index in [2.05, 4.69) is 0 Å². The Labute approximate surface area is 131 Å². The Kier molecular flexibility index (Phi) is 11.8. The summed E-state index contributed by atoms with van der Waals surface area (Å²) >= 11 is 0. The minimum atomic E-state index is -0.806. The minimum Gasteiger partial charge on any atom is -0.481 e. The van der Waals surface area contributed by atoms with Gasteiger partial charge in [-0.05, 0) is 45.4 Å². The van der Waals surface area contributed by atoms with E-state index in [9.17, 15) is 14.4 Å². The zero-order chi connectivity index (χ0) is 16.8. The highest BCUT2D eigenvalue weighted by Crippen LogP contribution is 2.07. The van der Waals surface area contributed by atoms with Gasteiger partial charge >= 0.3 is 17.9 Å². The van der Waals surface area contributed by atoms with Gasteiger partial charge in [0.25, 0.3) is 0 Å². The minimum absolute atomic E-state index is 0.148. The zero-order valence-electron chi connectivity index (χ0n) is 13.2. The lowest BCUT2D eigenvalue weighted by atomic mass is 10.1. The molecule has 0 spiro atoms. The van der Waals surface area contributed by atoms with Crippen LogP contribution in [0, 0.1) is 0 Å². The van der Waals surface area contributed by atoms with Crippen molar-refractivity contribution in [1.29, 1.82) is 0 Å². The van der Waals surface area contributed by atoms with Crippen molar-refractivity contribution in [2.45, 2.75) is 64.7 Å². The molecule has 2 N–H and O–H groups in total. The number of rotatable bonds is 13. The quantitative estimate of drug-likeness (QED) is 0.308. The predicted octanol–water partition coefficient (Wildman–Crippen LogP) is 3.16. The van der Waals surface area contributed by atoms with Crippen LogP contribution in [0.25, 0.3) is 0 Å². The third-order valence-electron chi connectivity index (χ3n) is 3.14. The first-order valence-electron chi connectivity index (χ1n) is 7.71. The summed E-state index contributed by atoms with van der Waals surface area (Å²) in [6, 6.07) is 0. The van der Waals surface area contributed by atoms with Gasteiger partial charge in [-0.1, -0.05) is 12.5 Å². The number of esters is 1. The molecule has 6 nitrogen and oxygen atoms in total. The topological polar surface area (TPSA) is 101 Å². The van der Waals surface area contributed by atoms with E-state index in [4.69, 9.17) is 14.9 Å². The van der Waals surface area contributed by atoms with Crippen molar-refractivity contribution in [2.75, 3.05) is 6.61 Å². The van der Waals surface area contributed by atoms with Crippen LogP contribution in [0.1, 0.15) is 64.7 Å². The number of carbonyl (C=O) groups excluding carboxylic acids is 1. The van der Waals surface area contributed by atoms with E-state index in [0.29, 0.717) is 31.4 Å². The molecule has 0 amide bonds. The monoisotopic (exact) mass is 314 g/mol. The SMILES string of the molecule is CC(=CCCCCCC(=O)O)C(=O)OCCCCCC(=O)O. The predicted molar refractivity (Wildman–Crippen MR) is 81.5 cm³/mol. The molecule has 0 fully saturated rings. The molecule has 0 rings (SSSR count). The van der Waals surface area contributed by atoms with Crippen molar-refractivity contribution in [3.63, 3.8) is 0 Å². The molecule has 0 aliphatic rings. The number of hydrogen-bond donors (Lipinski definition) is 2. The Morgan fingerprint density at radius 1 is 0.864 bits per heavy atom. The fraction of sp³-hybridized carbons (Fsp3) is 0.688. The average Bonchev–Trinajstić information content (AvgIpc) is 2.45. The fourth-order valence-corrected chi connectivity index (χ4v) is 1.83. The number of carboxylic acids is 2. The average molecular weight is 314 g/mol. The van der Waals surface area contributed by atoms with Crippen molar-refractivity contribution >= 4 is 17.9 Å². The Balaban J connectivity index is 3.62. The number of carboxylic acid groups (broad SMARTS) is 2. The largest absolute Gasteiger partial charge is 0.481 e. The first kappa shape index (κ1) is 20.1. The van der Waals surface area contributed by atoms with Crippen LogP contribution in [0.4, 0.5) is 0 Å². The molecule has 0 aromatic rings. The van der Waals surface area contributed by atoms with Crippen LogP contribution in [-0.2, 0) is 19.1 Å². The molecule has 0 aliphatic heterocycles. The van der Waals surface area contributed by atoms with Crippen LogP contribution in [0.15, 0.2) is 11.6 Å². The van der Waals surface area contributed by atoms with E-state index in [1.807, 2.05) is 6.08 Å². The molecule has 0 saturated heterocycles. The molecule has 0 saturated carbocycles. The molecule has 6 heteroatoms. The number of aliphatic carboxylic acids is 2. The molecule has 0 aliphatic carbocycles. The molecule has 0 atom stereocenters. The molecular formula is C16H26O6. The lowest BCUT2D eigenvalue weighted by Crippen LogP contribution is -2.07. The highest BCUT2D eigenvalue weighted by molar-refractivity contribution is 5.87. The summed E-state index contributed by atoms with van der Waals surface area (Å²) in [6.45, 7) is 2.01. The third kappa shape index (κ3) is 13.1. The van der Waals surface area contributed by atoms with E-state index in [0.717, 1.165) is 25.7 Å². The van der Waals surface area contributed by atoms with E-state index in [1.54, 1.807) is 6.92 Å². The lowest BCUT2D eigenvalue weighted by molar-refractivity contribution is -0.140. The van der Waals surface area contributed by atoms with Gasteiger partial charge in [-0.3, -0.25) is 9.59 Å². The number of carbonyl (C=O) groups is 3. The van der Waals surface area contributed by atoms with Gasteiger partial charge in [0.1, 0.15) is 0 Å². The smallest absolute Gasteiger partial charge is 0.333 e. The molecule has 0 unspecified atom stereocenters. The number of ether oxygens (including phenoxy) is 1. The van der Waals surface area contributed by atoms with Gasteiger partial charge in [0.2, 0.25) is 0 Å². The first-order chi connectivity index (χ1) is 10.4. The van der Waals surface area contributed by atoms with Crippen LogP contribution >= 0.6 is 0 Å². The Morgan fingerprint density at radius 3 is 1.95 bits per heavy atom. The van der Waals surface area contributed by atoms with Gasteiger partial charge in [-0.2, -0.15) is 0 Å². The Hall–Kier alpha value is -1.85. The van der Waals surface area contributed by atoms with Gasteiger partial charge in [0.15, 0.2) is 0 Å². The summed E-state index contributed by atoms with van der Waals surface area (Å²) in [6.07, 6.45) is 7.21. The lowest BCUT2D eigenvalue weighted by Gasteiger charge is -2.05. The van der Waals surface area contributed by atoms with E-state index >= 15 is 0 Å². The van der Waals surface area contributed by atoms with E-state index < -0.39 is 11.9 Å². The molecule has 22 heavy (non-hydrogen) atoms. The summed E-state index contributed by atoms with van der Waals surface area (Å²) in [7, 11) is 0. The van der Waals surface area contributed by atoms with Gasteiger partial charge in [-0.25, -0.2) is 4.79 Å². The van der Waals surface area contributed by atoms with Crippen molar-refractivity contribution < 1.29 is 29.3 Å². The van der Waals surface area contributed by atoms with Gasteiger partial charge in [0.05, 0.1) is 6.61 Å². The second-order valence-electron chi connectivity index (χ2n) is 5.22. The highest BCUT2D eigenvalue weighted by Gasteiger charge is 2.05.